The summed E-state index contributed by atoms with van der Waals surface area (Å²) in [5.74, 6) is 0.469. The van der Waals surface area contributed by atoms with Crippen LogP contribution >= 0.6 is 0 Å². The molecule has 1 aromatic carbocycles. The third kappa shape index (κ3) is 3.09. The van der Waals surface area contributed by atoms with Gasteiger partial charge in [0.25, 0.3) is 0 Å². The second kappa shape index (κ2) is 6.59. The van der Waals surface area contributed by atoms with Gasteiger partial charge in [-0.3, -0.25) is 4.98 Å². The van der Waals surface area contributed by atoms with Crippen LogP contribution in [0.3, 0.4) is 0 Å². The van der Waals surface area contributed by atoms with E-state index in [4.69, 9.17) is 0 Å². The number of hydrogen-bond donors (Lipinski definition) is 1. The zero-order valence-corrected chi connectivity index (χ0v) is 13.8. The van der Waals surface area contributed by atoms with Crippen molar-refractivity contribution in [1.82, 2.24) is 15.2 Å². The average Bonchev–Trinajstić information content (AvgIpc) is 2.63. The molecule has 4 nitrogen and oxygen atoms in total. The average molecular weight is 334 g/mol. The molecule has 5 heteroatoms. The van der Waals surface area contributed by atoms with E-state index in [1.807, 2.05) is 42.5 Å². The Morgan fingerprint density at radius 2 is 1.80 bits per heavy atom. The normalized spacial score (nSPS) is 15.4. The molecule has 0 unspecified atom stereocenters. The number of nitrogens with zero attached hydrogens (tertiary/aromatic N) is 3. The van der Waals surface area contributed by atoms with Crippen molar-refractivity contribution >= 4 is 5.82 Å². The van der Waals surface area contributed by atoms with Crippen molar-refractivity contribution in [2.24, 2.45) is 0 Å². The van der Waals surface area contributed by atoms with E-state index in [9.17, 15) is 4.39 Å². The SMILES string of the molecule is Fc1cccnc1C1(CNc2ccc(-c3ccccc3)nn2)CCC1. The van der Waals surface area contributed by atoms with Crippen molar-refractivity contribution in [3.63, 3.8) is 0 Å². The molecule has 0 radical (unpaired) electrons. The van der Waals surface area contributed by atoms with Gasteiger partial charge in [0, 0.05) is 23.7 Å². The van der Waals surface area contributed by atoms with E-state index in [1.165, 1.54) is 6.07 Å². The van der Waals surface area contributed by atoms with E-state index in [1.54, 1.807) is 12.3 Å². The van der Waals surface area contributed by atoms with Gasteiger partial charge >= 0.3 is 0 Å². The summed E-state index contributed by atoms with van der Waals surface area (Å²) in [4.78, 5) is 4.29. The molecule has 1 fully saturated rings. The highest BCUT2D eigenvalue weighted by atomic mass is 19.1. The lowest BCUT2D eigenvalue weighted by Gasteiger charge is -2.41. The van der Waals surface area contributed by atoms with E-state index >= 15 is 0 Å². The van der Waals surface area contributed by atoms with Crippen LogP contribution in [-0.4, -0.2) is 21.7 Å². The minimum atomic E-state index is -0.245. The fourth-order valence-corrected chi connectivity index (χ4v) is 3.33. The maximum absolute atomic E-state index is 14.2. The van der Waals surface area contributed by atoms with E-state index in [0.29, 0.717) is 18.1 Å². The molecule has 2 aromatic heterocycles. The third-order valence-corrected chi connectivity index (χ3v) is 4.91. The van der Waals surface area contributed by atoms with E-state index < -0.39 is 0 Å². The van der Waals surface area contributed by atoms with Crippen molar-refractivity contribution < 1.29 is 4.39 Å². The summed E-state index contributed by atoms with van der Waals surface area (Å²) in [6.07, 6.45) is 4.62. The molecule has 4 rings (SSSR count). The first kappa shape index (κ1) is 15.7. The monoisotopic (exact) mass is 334 g/mol. The van der Waals surface area contributed by atoms with Crippen LogP contribution in [0.1, 0.15) is 25.0 Å². The lowest BCUT2D eigenvalue weighted by atomic mass is 9.66. The molecular weight excluding hydrogens is 315 g/mol. The molecule has 25 heavy (non-hydrogen) atoms. The van der Waals surface area contributed by atoms with Crippen LogP contribution in [0.15, 0.2) is 60.8 Å². The molecule has 0 saturated heterocycles. The Hall–Kier alpha value is -2.82. The largest absolute Gasteiger partial charge is 0.368 e. The molecule has 1 aliphatic rings. The molecular formula is C20H19FN4. The topological polar surface area (TPSA) is 50.7 Å². The predicted molar refractivity (Wildman–Crippen MR) is 95.7 cm³/mol. The highest BCUT2D eigenvalue weighted by molar-refractivity contribution is 5.59. The van der Waals surface area contributed by atoms with Gasteiger partial charge < -0.3 is 5.32 Å². The van der Waals surface area contributed by atoms with Crippen molar-refractivity contribution in [1.29, 1.82) is 0 Å². The number of halogens is 1. The summed E-state index contributed by atoms with van der Waals surface area (Å²) in [5, 5.41) is 11.9. The summed E-state index contributed by atoms with van der Waals surface area (Å²) in [6, 6.07) is 16.9. The van der Waals surface area contributed by atoms with Gasteiger partial charge in [-0.2, -0.15) is 0 Å². The standard InChI is InChI=1S/C20H19FN4/c21-16-8-4-13-22-19(16)20(11-5-12-20)14-23-18-10-9-17(24-25-18)15-6-2-1-3-7-15/h1-4,6-10,13H,5,11-12,14H2,(H,23,25). The van der Waals surface area contributed by atoms with Crippen LogP contribution < -0.4 is 5.32 Å². The number of nitrogens with one attached hydrogen (secondary N) is 1. The van der Waals surface area contributed by atoms with Crippen molar-refractivity contribution in [3.05, 3.63) is 72.3 Å². The van der Waals surface area contributed by atoms with Crippen molar-refractivity contribution in [2.45, 2.75) is 24.7 Å². The van der Waals surface area contributed by atoms with Crippen molar-refractivity contribution in [3.8, 4) is 11.3 Å². The Kier molecular flexibility index (Phi) is 4.14. The summed E-state index contributed by atoms with van der Waals surface area (Å²) in [5.41, 5.74) is 2.18. The van der Waals surface area contributed by atoms with Crippen LogP contribution in [-0.2, 0) is 5.41 Å². The molecule has 0 aliphatic heterocycles. The van der Waals surface area contributed by atoms with Crippen LogP contribution in [0.5, 0.6) is 0 Å². The molecule has 2 heterocycles. The van der Waals surface area contributed by atoms with E-state index in [-0.39, 0.29) is 11.2 Å². The van der Waals surface area contributed by atoms with Crippen LogP contribution in [0.2, 0.25) is 0 Å². The highest BCUT2D eigenvalue weighted by Crippen LogP contribution is 2.43. The Morgan fingerprint density at radius 1 is 0.960 bits per heavy atom. The summed E-state index contributed by atoms with van der Waals surface area (Å²) >= 11 is 0. The minimum Gasteiger partial charge on any atom is -0.368 e. The molecule has 0 atom stereocenters. The van der Waals surface area contributed by atoms with E-state index in [2.05, 4.69) is 20.5 Å². The van der Waals surface area contributed by atoms with Gasteiger partial charge in [-0.25, -0.2) is 4.39 Å². The number of hydrogen-bond acceptors (Lipinski definition) is 4. The molecule has 1 aliphatic carbocycles. The van der Waals surface area contributed by atoms with Gasteiger partial charge in [0.15, 0.2) is 0 Å². The first-order valence-corrected chi connectivity index (χ1v) is 8.51. The highest BCUT2D eigenvalue weighted by Gasteiger charge is 2.41. The number of benzene rings is 1. The fourth-order valence-electron chi connectivity index (χ4n) is 3.33. The minimum absolute atomic E-state index is 0.227. The van der Waals surface area contributed by atoms with E-state index in [0.717, 1.165) is 30.5 Å². The van der Waals surface area contributed by atoms with Crippen LogP contribution in [0, 0.1) is 5.82 Å². The maximum Gasteiger partial charge on any atom is 0.148 e. The van der Waals surface area contributed by atoms with Crippen molar-refractivity contribution in [2.75, 3.05) is 11.9 Å². The van der Waals surface area contributed by atoms with Gasteiger partial charge in [-0.05, 0) is 37.1 Å². The molecule has 0 bridgehead atoms. The zero-order valence-electron chi connectivity index (χ0n) is 13.8. The van der Waals surface area contributed by atoms with Gasteiger partial charge in [0.05, 0.1) is 11.4 Å². The summed E-state index contributed by atoms with van der Waals surface area (Å²) in [6.45, 7) is 0.611. The molecule has 0 amide bonds. The fraction of sp³-hybridized carbons (Fsp3) is 0.250. The lowest BCUT2D eigenvalue weighted by molar-refractivity contribution is 0.243. The Labute approximate surface area is 146 Å². The maximum atomic E-state index is 14.2. The molecule has 126 valence electrons. The number of rotatable bonds is 5. The summed E-state index contributed by atoms with van der Waals surface area (Å²) < 4.78 is 14.2. The Bertz CT molecular complexity index is 845. The van der Waals surface area contributed by atoms with Gasteiger partial charge in [-0.1, -0.05) is 36.8 Å². The Balaban J connectivity index is 1.48. The smallest absolute Gasteiger partial charge is 0.148 e. The number of aromatic nitrogens is 3. The zero-order chi connectivity index (χ0) is 17.1. The predicted octanol–water partition coefficient (Wildman–Crippen LogP) is 4.21. The summed E-state index contributed by atoms with van der Waals surface area (Å²) in [7, 11) is 0. The molecule has 3 aromatic rings. The van der Waals surface area contributed by atoms with Crippen LogP contribution in [0.4, 0.5) is 10.2 Å². The Morgan fingerprint density at radius 3 is 2.44 bits per heavy atom. The van der Waals surface area contributed by atoms with Gasteiger partial charge in [0.2, 0.25) is 0 Å². The lowest BCUT2D eigenvalue weighted by Crippen LogP contribution is -2.42. The van der Waals surface area contributed by atoms with Gasteiger partial charge in [0.1, 0.15) is 11.6 Å². The number of pyridine rings is 1. The first-order chi connectivity index (χ1) is 12.3. The molecule has 0 spiro atoms. The second-order valence-corrected chi connectivity index (χ2v) is 6.49. The first-order valence-electron chi connectivity index (χ1n) is 8.51. The molecule has 1 N–H and O–H groups in total. The third-order valence-electron chi connectivity index (χ3n) is 4.91. The quantitative estimate of drug-likeness (QED) is 0.759. The second-order valence-electron chi connectivity index (χ2n) is 6.49. The molecule has 1 saturated carbocycles. The van der Waals surface area contributed by atoms with Crippen LogP contribution in [0.25, 0.3) is 11.3 Å². The number of anilines is 1. The van der Waals surface area contributed by atoms with Gasteiger partial charge in [-0.15, -0.1) is 10.2 Å².